The highest BCUT2D eigenvalue weighted by molar-refractivity contribution is 6.04. The molecule has 0 fully saturated rings. The van der Waals surface area contributed by atoms with Crippen molar-refractivity contribution in [3.8, 4) is 33.6 Å². The summed E-state index contributed by atoms with van der Waals surface area (Å²) in [5.41, 5.74) is 11.0. The van der Waals surface area contributed by atoms with Gasteiger partial charge in [-0.2, -0.15) is 0 Å². The molecule has 0 spiro atoms. The SMILES string of the molecule is Cc1ccc(-c2nnc3c4ccccc4c(-c4ccc5c(c4)C(C)(C)c4ccccc4-5)cn23)cc1. The maximum atomic E-state index is 4.60. The van der Waals surface area contributed by atoms with E-state index in [1.54, 1.807) is 0 Å². The van der Waals surface area contributed by atoms with Gasteiger partial charge in [0.2, 0.25) is 0 Å². The van der Waals surface area contributed by atoms with Gasteiger partial charge < -0.3 is 0 Å². The molecule has 0 saturated carbocycles. The van der Waals surface area contributed by atoms with E-state index in [9.17, 15) is 0 Å². The van der Waals surface area contributed by atoms with Crippen LogP contribution in [0.5, 0.6) is 0 Å². The summed E-state index contributed by atoms with van der Waals surface area (Å²) in [6.45, 7) is 6.76. The summed E-state index contributed by atoms with van der Waals surface area (Å²) in [4.78, 5) is 0. The Kier molecular flexibility index (Phi) is 4.11. The monoisotopic (exact) mass is 451 g/mol. The van der Waals surface area contributed by atoms with Crippen molar-refractivity contribution in [1.82, 2.24) is 14.6 Å². The van der Waals surface area contributed by atoms with Gasteiger partial charge in [0.1, 0.15) is 0 Å². The van der Waals surface area contributed by atoms with Gasteiger partial charge in [0.25, 0.3) is 0 Å². The van der Waals surface area contributed by atoms with Gasteiger partial charge in [-0.3, -0.25) is 4.40 Å². The van der Waals surface area contributed by atoms with Gasteiger partial charge in [0.05, 0.1) is 0 Å². The van der Waals surface area contributed by atoms with Crippen molar-refractivity contribution in [2.45, 2.75) is 26.2 Å². The number of hydrogen-bond acceptors (Lipinski definition) is 2. The molecule has 0 amide bonds. The van der Waals surface area contributed by atoms with Crippen LogP contribution in [-0.4, -0.2) is 14.6 Å². The third kappa shape index (κ3) is 2.85. The summed E-state index contributed by atoms with van der Waals surface area (Å²) in [5.74, 6) is 0.862. The molecular weight excluding hydrogens is 426 g/mol. The molecule has 2 heterocycles. The zero-order valence-electron chi connectivity index (χ0n) is 20.1. The minimum Gasteiger partial charge on any atom is -0.281 e. The van der Waals surface area contributed by atoms with Crippen molar-refractivity contribution in [2.75, 3.05) is 0 Å². The highest BCUT2D eigenvalue weighted by atomic mass is 15.2. The van der Waals surface area contributed by atoms with Gasteiger partial charge in [0, 0.05) is 28.1 Å². The Hall–Kier alpha value is -4.24. The van der Waals surface area contributed by atoms with Gasteiger partial charge in [-0.25, -0.2) is 0 Å². The Bertz CT molecular complexity index is 1770. The van der Waals surface area contributed by atoms with Crippen LogP contribution in [0.4, 0.5) is 0 Å². The molecule has 4 aromatic carbocycles. The summed E-state index contributed by atoms with van der Waals surface area (Å²) in [5, 5.41) is 11.5. The van der Waals surface area contributed by atoms with Crippen molar-refractivity contribution in [3.05, 3.63) is 114 Å². The van der Waals surface area contributed by atoms with E-state index in [4.69, 9.17) is 0 Å². The Labute approximate surface area is 204 Å². The maximum Gasteiger partial charge on any atom is 0.169 e. The summed E-state index contributed by atoms with van der Waals surface area (Å²) in [6.07, 6.45) is 2.21. The molecule has 0 unspecified atom stereocenters. The van der Waals surface area contributed by atoms with Crippen LogP contribution in [0.25, 0.3) is 50.1 Å². The number of fused-ring (bicyclic) bond motifs is 6. The molecule has 0 saturated heterocycles. The van der Waals surface area contributed by atoms with E-state index in [0.717, 1.165) is 22.4 Å². The first-order chi connectivity index (χ1) is 17.0. The van der Waals surface area contributed by atoms with Crippen molar-refractivity contribution in [1.29, 1.82) is 0 Å². The molecule has 35 heavy (non-hydrogen) atoms. The third-order valence-corrected chi connectivity index (χ3v) is 7.62. The number of benzene rings is 4. The van der Waals surface area contributed by atoms with Gasteiger partial charge in [0.15, 0.2) is 11.5 Å². The van der Waals surface area contributed by atoms with Crippen LogP contribution in [0.15, 0.2) is 97.2 Å². The van der Waals surface area contributed by atoms with Crippen LogP contribution < -0.4 is 0 Å². The predicted octanol–water partition coefficient (Wildman–Crippen LogP) is 7.83. The molecule has 0 radical (unpaired) electrons. The van der Waals surface area contributed by atoms with Crippen molar-refractivity contribution >= 4 is 16.4 Å². The van der Waals surface area contributed by atoms with E-state index < -0.39 is 0 Å². The highest BCUT2D eigenvalue weighted by Crippen LogP contribution is 2.49. The van der Waals surface area contributed by atoms with Gasteiger partial charge in [-0.15, -0.1) is 10.2 Å². The van der Waals surface area contributed by atoms with Crippen LogP contribution >= 0.6 is 0 Å². The summed E-state index contributed by atoms with van der Waals surface area (Å²) in [6, 6.07) is 32.8. The highest BCUT2D eigenvalue weighted by Gasteiger charge is 2.35. The lowest BCUT2D eigenvalue weighted by Crippen LogP contribution is -2.14. The van der Waals surface area contributed by atoms with Crippen LogP contribution in [0.2, 0.25) is 0 Å². The van der Waals surface area contributed by atoms with E-state index in [-0.39, 0.29) is 5.41 Å². The molecule has 1 aliphatic carbocycles. The number of nitrogens with zero attached hydrogens (tertiary/aromatic N) is 3. The van der Waals surface area contributed by atoms with E-state index in [1.807, 2.05) is 0 Å². The number of aromatic nitrogens is 3. The smallest absolute Gasteiger partial charge is 0.169 e. The second kappa shape index (κ2) is 7.13. The van der Waals surface area contributed by atoms with Gasteiger partial charge in [-0.1, -0.05) is 104 Å². The van der Waals surface area contributed by atoms with Crippen LogP contribution in [0.3, 0.4) is 0 Å². The molecular formula is C32H25N3. The Morgan fingerprint density at radius 2 is 1.31 bits per heavy atom. The minimum atomic E-state index is -0.0362. The van der Waals surface area contributed by atoms with Crippen LogP contribution in [0, 0.1) is 6.92 Å². The predicted molar refractivity (Wildman–Crippen MR) is 144 cm³/mol. The molecule has 168 valence electrons. The average molecular weight is 452 g/mol. The summed E-state index contributed by atoms with van der Waals surface area (Å²) >= 11 is 0. The summed E-state index contributed by atoms with van der Waals surface area (Å²) in [7, 11) is 0. The van der Waals surface area contributed by atoms with Crippen molar-refractivity contribution in [3.63, 3.8) is 0 Å². The quantitative estimate of drug-likeness (QED) is 0.268. The normalized spacial score (nSPS) is 13.8. The summed E-state index contributed by atoms with van der Waals surface area (Å²) < 4.78 is 2.15. The average Bonchev–Trinajstić information content (AvgIpc) is 3.41. The zero-order chi connectivity index (χ0) is 23.7. The van der Waals surface area contributed by atoms with Gasteiger partial charge >= 0.3 is 0 Å². The molecule has 1 aliphatic rings. The number of pyridine rings is 1. The first-order valence-corrected chi connectivity index (χ1v) is 12.1. The molecule has 2 aromatic heterocycles. The molecule has 0 atom stereocenters. The second-order valence-corrected chi connectivity index (χ2v) is 10.1. The van der Waals surface area contributed by atoms with E-state index in [0.29, 0.717) is 0 Å². The van der Waals surface area contributed by atoms with Crippen molar-refractivity contribution in [2.24, 2.45) is 0 Å². The van der Waals surface area contributed by atoms with Crippen LogP contribution in [-0.2, 0) is 5.41 Å². The Balaban J connectivity index is 1.49. The molecule has 6 aromatic rings. The standard InChI is InChI=1S/C32H25N3/c1-20-12-14-21(15-13-20)30-33-34-31-26-10-5-4-8-23(26)27(19-35(30)31)22-16-17-25-24-9-6-7-11-28(24)32(2,3)29(25)18-22/h4-19H,1-3H3. The fourth-order valence-corrected chi connectivity index (χ4v) is 5.71. The Morgan fingerprint density at radius 3 is 2.14 bits per heavy atom. The fourth-order valence-electron chi connectivity index (χ4n) is 5.71. The lowest BCUT2D eigenvalue weighted by molar-refractivity contribution is 0.660. The first kappa shape index (κ1) is 20.2. The molecule has 0 aliphatic heterocycles. The first-order valence-electron chi connectivity index (χ1n) is 12.1. The number of hydrogen-bond donors (Lipinski definition) is 0. The van der Waals surface area contributed by atoms with Gasteiger partial charge in [-0.05, 0) is 46.2 Å². The Morgan fingerprint density at radius 1 is 0.629 bits per heavy atom. The number of aryl methyl sites for hydroxylation is 1. The number of rotatable bonds is 2. The lowest BCUT2D eigenvalue weighted by atomic mass is 9.81. The van der Waals surface area contributed by atoms with E-state index in [2.05, 4.69) is 133 Å². The zero-order valence-corrected chi connectivity index (χ0v) is 20.1. The van der Waals surface area contributed by atoms with E-state index in [1.165, 1.54) is 44.3 Å². The minimum absolute atomic E-state index is 0.0362. The molecule has 3 nitrogen and oxygen atoms in total. The molecule has 0 N–H and O–H groups in total. The fraction of sp³-hybridized carbons (Fsp3) is 0.125. The second-order valence-electron chi connectivity index (χ2n) is 10.1. The largest absolute Gasteiger partial charge is 0.281 e. The lowest BCUT2D eigenvalue weighted by Gasteiger charge is -2.22. The van der Waals surface area contributed by atoms with E-state index >= 15 is 0 Å². The van der Waals surface area contributed by atoms with Crippen LogP contribution in [0.1, 0.15) is 30.5 Å². The molecule has 7 rings (SSSR count). The van der Waals surface area contributed by atoms with Crippen molar-refractivity contribution < 1.29 is 0 Å². The maximum absolute atomic E-state index is 4.60. The third-order valence-electron chi connectivity index (χ3n) is 7.62. The molecule has 3 heteroatoms. The topological polar surface area (TPSA) is 30.2 Å². The molecule has 0 bridgehead atoms.